The van der Waals surface area contributed by atoms with Crippen LogP contribution in [0, 0.1) is 5.92 Å². The summed E-state index contributed by atoms with van der Waals surface area (Å²) in [6.45, 7) is 6.36. The van der Waals surface area contributed by atoms with Gasteiger partial charge in [0.15, 0.2) is 17.0 Å². The third-order valence-corrected chi connectivity index (χ3v) is 6.49. The van der Waals surface area contributed by atoms with Crippen molar-refractivity contribution in [3.8, 4) is 12.0 Å². The molecule has 0 saturated carbocycles. The number of piperidine rings is 1. The van der Waals surface area contributed by atoms with Gasteiger partial charge in [-0.2, -0.15) is 15.0 Å². The van der Waals surface area contributed by atoms with E-state index in [1.54, 1.807) is 7.11 Å². The van der Waals surface area contributed by atoms with Crippen LogP contribution in [0.1, 0.15) is 51.5 Å². The molecule has 2 atom stereocenters. The molecule has 2 N–H and O–H groups in total. The summed E-state index contributed by atoms with van der Waals surface area (Å²) in [5, 5.41) is 0. The predicted octanol–water partition coefficient (Wildman–Crippen LogP) is 4.42. The lowest BCUT2D eigenvalue weighted by molar-refractivity contribution is 0.0773. The van der Waals surface area contributed by atoms with Crippen LogP contribution in [0.5, 0.6) is 12.0 Å². The summed E-state index contributed by atoms with van der Waals surface area (Å²) < 4.78 is 18.9. The number of anilines is 1. The lowest BCUT2D eigenvalue weighted by Gasteiger charge is -2.32. The molecule has 10 nitrogen and oxygen atoms in total. The van der Waals surface area contributed by atoms with Crippen LogP contribution in [0.4, 0.5) is 10.6 Å². The molecule has 1 saturated heterocycles. The molecule has 1 fully saturated rings. The van der Waals surface area contributed by atoms with Crippen molar-refractivity contribution in [3.05, 3.63) is 35.9 Å². The Kier molecular flexibility index (Phi) is 8.45. The van der Waals surface area contributed by atoms with Gasteiger partial charge in [0.05, 0.1) is 13.2 Å². The number of nitrogens with zero attached hydrogens (tertiary/aromatic N) is 5. The Morgan fingerprint density at radius 3 is 2.78 bits per heavy atom. The van der Waals surface area contributed by atoms with E-state index in [1.807, 2.05) is 46.7 Å². The molecule has 1 amide bonds. The van der Waals surface area contributed by atoms with Crippen molar-refractivity contribution >= 4 is 23.1 Å². The van der Waals surface area contributed by atoms with Gasteiger partial charge in [0.1, 0.15) is 6.61 Å². The lowest BCUT2D eigenvalue weighted by Crippen LogP contribution is -2.40. The van der Waals surface area contributed by atoms with Crippen LogP contribution in [0.15, 0.2) is 30.3 Å². The van der Waals surface area contributed by atoms with Crippen molar-refractivity contribution in [2.45, 2.75) is 65.2 Å². The Labute approximate surface area is 211 Å². The van der Waals surface area contributed by atoms with Crippen LogP contribution in [-0.4, -0.2) is 56.8 Å². The number of ether oxygens (including phenoxy) is 3. The minimum Gasteiger partial charge on any atom is -0.468 e. The number of carbonyl (C=O) groups excluding carboxylic acids is 1. The van der Waals surface area contributed by atoms with E-state index in [0.29, 0.717) is 42.7 Å². The summed E-state index contributed by atoms with van der Waals surface area (Å²) in [5.41, 5.74) is 8.25. The first kappa shape index (κ1) is 25.5. The summed E-state index contributed by atoms with van der Waals surface area (Å²) in [6, 6.07) is 10.4. The van der Waals surface area contributed by atoms with Crippen molar-refractivity contribution in [1.82, 2.24) is 24.4 Å². The van der Waals surface area contributed by atoms with E-state index < -0.39 is 0 Å². The van der Waals surface area contributed by atoms with Gasteiger partial charge in [-0.3, -0.25) is 4.57 Å². The predicted molar refractivity (Wildman–Crippen MR) is 137 cm³/mol. The maximum Gasteiger partial charge on any atom is 0.410 e. The second-order valence-corrected chi connectivity index (χ2v) is 9.31. The molecule has 194 valence electrons. The molecule has 36 heavy (non-hydrogen) atoms. The van der Waals surface area contributed by atoms with Crippen molar-refractivity contribution in [2.24, 2.45) is 5.92 Å². The monoisotopic (exact) mass is 496 g/mol. The number of carbonyl (C=O) groups is 1. The molecule has 10 heteroatoms. The summed E-state index contributed by atoms with van der Waals surface area (Å²) in [7, 11) is 1.58. The van der Waals surface area contributed by atoms with Crippen molar-refractivity contribution < 1.29 is 19.0 Å². The molecule has 0 aliphatic carbocycles. The van der Waals surface area contributed by atoms with E-state index in [4.69, 9.17) is 19.9 Å². The van der Waals surface area contributed by atoms with Gasteiger partial charge in [-0.15, -0.1) is 0 Å². The van der Waals surface area contributed by atoms with Crippen LogP contribution < -0.4 is 15.2 Å². The van der Waals surface area contributed by atoms with E-state index in [-0.39, 0.29) is 30.6 Å². The molecule has 0 spiro atoms. The van der Waals surface area contributed by atoms with Crippen LogP contribution in [-0.2, 0) is 17.9 Å². The number of amides is 1. The molecular formula is C26H36N6O4. The zero-order valence-electron chi connectivity index (χ0n) is 21.4. The first-order chi connectivity index (χ1) is 17.5. The standard InChI is InChI=1S/C26H36N6O4/c1-4-9-18(2)36-24-29-22(27)21-23(30-24)32(25(28-21)34-3)15-13-19-12-8-14-31(16-19)26(33)35-17-20-10-6-5-7-11-20/h5-7,10-11,18-19H,4,8-9,12-17H2,1-3H3,(H2,27,29,30)/t18-,19?/m0/s1. The van der Waals surface area contributed by atoms with Gasteiger partial charge in [0.2, 0.25) is 0 Å². The molecule has 1 aliphatic heterocycles. The van der Waals surface area contributed by atoms with Crippen molar-refractivity contribution in [2.75, 3.05) is 25.9 Å². The highest BCUT2D eigenvalue weighted by Crippen LogP contribution is 2.28. The minimum absolute atomic E-state index is 0.0139. The normalized spacial score (nSPS) is 16.6. The van der Waals surface area contributed by atoms with E-state index in [9.17, 15) is 4.79 Å². The van der Waals surface area contributed by atoms with Crippen LogP contribution in [0.2, 0.25) is 0 Å². The third-order valence-electron chi connectivity index (χ3n) is 6.49. The molecule has 3 heterocycles. The van der Waals surface area contributed by atoms with Crippen LogP contribution in [0.3, 0.4) is 0 Å². The molecule has 4 rings (SSSR count). The average Bonchev–Trinajstić information content (AvgIpc) is 3.25. The fourth-order valence-corrected chi connectivity index (χ4v) is 4.63. The molecule has 1 aromatic carbocycles. The van der Waals surface area contributed by atoms with Gasteiger partial charge in [-0.05, 0) is 44.1 Å². The van der Waals surface area contributed by atoms with Gasteiger partial charge < -0.3 is 24.8 Å². The van der Waals surface area contributed by atoms with Gasteiger partial charge >= 0.3 is 12.1 Å². The quantitative estimate of drug-likeness (QED) is 0.438. The molecule has 1 unspecified atom stereocenters. The summed E-state index contributed by atoms with van der Waals surface area (Å²) in [5.74, 6) is 0.588. The molecule has 0 bridgehead atoms. The molecular weight excluding hydrogens is 460 g/mol. The first-order valence-electron chi connectivity index (χ1n) is 12.7. The maximum atomic E-state index is 12.7. The van der Waals surface area contributed by atoms with E-state index in [0.717, 1.165) is 37.7 Å². The molecule has 3 aromatic rings. The molecule has 0 radical (unpaired) electrons. The number of nitrogen functional groups attached to an aromatic ring is 1. The number of methoxy groups -OCH3 is 1. The highest BCUT2D eigenvalue weighted by Gasteiger charge is 2.26. The third kappa shape index (κ3) is 6.16. The topological polar surface area (TPSA) is 118 Å². The number of aromatic nitrogens is 4. The van der Waals surface area contributed by atoms with Gasteiger partial charge in [-0.25, -0.2) is 4.79 Å². The smallest absolute Gasteiger partial charge is 0.410 e. The number of hydrogen-bond acceptors (Lipinski definition) is 8. The second kappa shape index (κ2) is 11.9. The van der Waals surface area contributed by atoms with E-state index >= 15 is 0 Å². The van der Waals surface area contributed by atoms with Gasteiger partial charge in [0, 0.05) is 19.6 Å². The summed E-state index contributed by atoms with van der Waals surface area (Å²) in [6.07, 6.45) is 4.43. The Bertz CT molecular complexity index is 1150. The van der Waals surface area contributed by atoms with Crippen LogP contribution in [0.25, 0.3) is 11.2 Å². The number of aryl methyl sites for hydroxylation is 1. The Balaban J connectivity index is 1.41. The Morgan fingerprint density at radius 1 is 1.22 bits per heavy atom. The molecule has 2 aromatic heterocycles. The highest BCUT2D eigenvalue weighted by atomic mass is 16.6. The largest absolute Gasteiger partial charge is 0.468 e. The Hall–Kier alpha value is -3.56. The second-order valence-electron chi connectivity index (χ2n) is 9.31. The van der Waals surface area contributed by atoms with Gasteiger partial charge in [-0.1, -0.05) is 43.7 Å². The first-order valence-corrected chi connectivity index (χ1v) is 12.7. The lowest BCUT2D eigenvalue weighted by atomic mass is 9.95. The highest BCUT2D eigenvalue weighted by molar-refractivity contribution is 5.83. The minimum atomic E-state index is -0.266. The van der Waals surface area contributed by atoms with Crippen molar-refractivity contribution in [1.29, 1.82) is 0 Å². The van der Waals surface area contributed by atoms with Crippen molar-refractivity contribution in [3.63, 3.8) is 0 Å². The number of fused-ring (bicyclic) bond motifs is 1. The number of imidazole rings is 1. The Morgan fingerprint density at radius 2 is 2.03 bits per heavy atom. The van der Waals surface area contributed by atoms with E-state index in [2.05, 4.69) is 21.9 Å². The number of rotatable bonds is 10. The fraction of sp³-hybridized carbons (Fsp3) is 0.538. The number of hydrogen-bond donors (Lipinski definition) is 1. The number of likely N-dealkylation sites (tertiary alicyclic amines) is 1. The fourth-order valence-electron chi connectivity index (χ4n) is 4.63. The van der Waals surface area contributed by atoms with Crippen LogP contribution >= 0.6 is 0 Å². The maximum absolute atomic E-state index is 12.7. The van der Waals surface area contributed by atoms with E-state index in [1.165, 1.54) is 0 Å². The number of nitrogens with two attached hydrogens (primary N) is 1. The van der Waals surface area contributed by atoms with Gasteiger partial charge in [0.25, 0.3) is 6.01 Å². The summed E-state index contributed by atoms with van der Waals surface area (Å²) in [4.78, 5) is 27.9. The number of benzene rings is 1. The zero-order valence-corrected chi connectivity index (χ0v) is 21.4. The molecule has 1 aliphatic rings. The SMILES string of the molecule is CCC[C@H](C)Oc1nc(N)c2nc(OC)n(CCC3CCCN(C(=O)OCc4ccccc4)C3)c2n1. The zero-order chi connectivity index (χ0) is 25.5. The average molecular weight is 497 g/mol. The summed E-state index contributed by atoms with van der Waals surface area (Å²) >= 11 is 0.